The minimum atomic E-state index is -0.670. The Balaban J connectivity index is 2.12. The molecule has 0 heterocycles. The van der Waals surface area contributed by atoms with Crippen LogP contribution in [0.15, 0.2) is 23.8 Å². The summed E-state index contributed by atoms with van der Waals surface area (Å²) in [6, 6.07) is 0. The third-order valence-electron chi connectivity index (χ3n) is 4.19. The molecule has 128 valence electrons. The van der Waals surface area contributed by atoms with Gasteiger partial charge in [0.25, 0.3) is 0 Å². The van der Waals surface area contributed by atoms with Crippen LogP contribution >= 0.6 is 11.8 Å². The molecule has 1 aliphatic rings. The number of alkyl halides is 1. The number of rotatable bonds is 12. The molecule has 0 aromatic rings. The van der Waals surface area contributed by atoms with E-state index < -0.39 is 6.17 Å². The Labute approximate surface area is 141 Å². The van der Waals surface area contributed by atoms with Crippen molar-refractivity contribution in [3.8, 4) is 0 Å². The summed E-state index contributed by atoms with van der Waals surface area (Å²) in [6.07, 6.45) is 12.3. The van der Waals surface area contributed by atoms with E-state index in [0.29, 0.717) is 5.75 Å². The number of nitrogens with zero attached hydrogens (tertiary/aromatic N) is 1. The molecule has 0 N–H and O–H groups in total. The van der Waals surface area contributed by atoms with Gasteiger partial charge in [-0.3, -0.25) is 0 Å². The normalized spacial score (nSPS) is 17.6. The summed E-state index contributed by atoms with van der Waals surface area (Å²) in [7, 11) is 0. The molecule has 1 rings (SSSR count). The molecular weight excluding hydrogens is 293 g/mol. The molecule has 0 saturated heterocycles. The number of allylic oxidation sites excluding steroid dienone is 4. The first-order chi connectivity index (χ1) is 10.6. The van der Waals surface area contributed by atoms with Gasteiger partial charge in [-0.15, -0.1) is 0 Å². The third-order valence-corrected chi connectivity index (χ3v) is 5.46. The molecule has 2 atom stereocenters. The molecule has 0 radical (unpaired) electrons. The van der Waals surface area contributed by atoms with E-state index in [0.717, 1.165) is 24.8 Å². The molecule has 2 unspecified atom stereocenters. The maximum absolute atomic E-state index is 12.7. The van der Waals surface area contributed by atoms with E-state index >= 15 is 0 Å². The predicted molar refractivity (Wildman–Crippen MR) is 99.5 cm³/mol. The van der Waals surface area contributed by atoms with E-state index in [1.54, 1.807) is 24.3 Å². The molecular formula is C19H34FNS. The number of hydrogen-bond donors (Lipinski definition) is 0. The highest BCUT2D eigenvalue weighted by molar-refractivity contribution is 7.99. The third kappa shape index (κ3) is 9.68. The summed E-state index contributed by atoms with van der Waals surface area (Å²) in [5, 5.41) is 0. The molecule has 1 nitrogen and oxygen atoms in total. The maximum Gasteiger partial charge on any atom is 0.106 e. The fraction of sp³-hybridized carbons (Fsp3) is 0.789. The van der Waals surface area contributed by atoms with Crippen molar-refractivity contribution < 1.29 is 4.39 Å². The molecule has 0 bridgehead atoms. The van der Waals surface area contributed by atoms with Crippen LogP contribution in [0.25, 0.3) is 0 Å². The molecule has 0 saturated carbocycles. The van der Waals surface area contributed by atoms with Gasteiger partial charge in [0.05, 0.1) is 0 Å². The lowest BCUT2D eigenvalue weighted by molar-refractivity contribution is 0.244. The minimum Gasteiger partial charge on any atom is -0.303 e. The van der Waals surface area contributed by atoms with E-state index in [1.165, 1.54) is 38.6 Å². The van der Waals surface area contributed by atoms with Crippen LogP contribution in [0.2, 0.25) is 0 Å². The molecule has 0 aliphatic heterocycles. The van der Waals surface area contributed by atoms with Gasteiger partial charge < -0.3 is 4.90 Å². The highest BCUT2D eigenvalue weighted by atomic mass is 32.2. The quantitative estimate of drug-likeness (QED) is 0.436. The molecule has 0 amide bonds. The van der Waals surface area contributed by atoms with Crippen molar-refractivity contribution in [2.45, 2.75) is 59.0 Å². The zero-order valence-electron chi connectivity index (χ0n) is 14.7. The summed E-state index contributed by atoms with van der Waals surface area (Å²) >= 11 is 1.75. The van der Waals surface area contributed by atoms with E-state index in [2.05, 4.69) is 37.0 Å². The van der Waals surface area contributed by atoms with Crippen molar-refractivity contribution in [3.05, 3.63) is 23.8 Å². The van der Waals surface area contributed by atoms with Gasteiger partial charge in [0.2, 0.25) is 0 Å². The van der Waals surface area contributed by atoms with Gasteiger partial charge in [-0.25, -0.2) is 4.39 Å². The minimum absolute atomic E-state index is 0.645. The second kappa shape index (κ2) is 12.2. The van der Waals surface area contributed by atoms with Crippen LogP contribution in [-0.4, -0.2) is 42.2 Å². The van der Waals surface area contributed by atoms with Crippen molar-refractivity contribution in [1.82, 2.24) is 4.90 Å². The average molecular weight is 328 g/mol. The van der Waals surface area contributed by atoms with Crippen molar-refractivity contribution in [3.63, 3.8) is 0 Å². The monoisotopic (exact) mass is 327 g/mol. The standard InChI is InChI=1S/C19H34FNS/c1-4-21(13-8-14-22-16-18(3)20)15-17(2)11-12-19-9-6-5-7-10-19/h5-6,9,17-18H,4,7-8,10-16H2,1-3H3. The van der Waals surface area contributed by atoms with Crippen LogP contribution in [0.4, 0.5) is 4.39 Å². The topological polar surface area (TPSA) is 3.24 Å². The maximum atomic E-state index is 12.7. The van der Waals surface area contributed by atoms with Gasteiger partial charge in [-0.05, 0) is 63.8 Å². The number of hydrogen-bond acceptors (Lipinski definition) is 2. The largest absolute Gasteiger partial charge is 0.303 e. The second-order valence-corrected chi connectivity index (χ2v) is 7.69. The Kier molecular flexibility index (Phi) is 10.9. The predicted octanol–water partition coefficient (Wildman–Crippen LogP) is 5.48. The Morgan fingerprint density at radius 2 is 2.18 bits per heavy atom. The lowest BCUT2D eigenvalue weighted by atomic mass is 9.95. The van der Waals surface area contributed by atoms with Crippen molar-refractivity contribution in [2.24, 2.45) is 5.92 Å². The summed E-state index contributed by atoms with van der Waals surface area (Å²) < 4.78 is 12.7. The molecule has 0 aromatic carbocycles. The summed E-state index contributed by atoms with van der Waals surface area (Å²) in [5.41, 5.74) is 1.62. The summed E-state index contributed by atoms with van der Waals surface area (Å²) in [5.74, 6) is 2.48. The fourth-order valence-corrected chi connectivity index (χ4v) is 3.66. The van der Waals surface area contributed by atoms with Crippen LogP contribution in [0.1, 0.15) is 52.9 Å². The van der Waals surface area contributed by atoms with Crippen LogP contribution in [-0.2, 0) is 0 Å². The molecule has 3 heteroatoms. The van der Waals surface area contributed by atoms with E-state index in [-0.39, 0.29) is 0 Å². The van der Waals surface area contributed by atoms with Gasteiger partial charge in [0.15, 0.2) is 0 Å². The highest BCUT2D eigenvalue weighted by Gasteiger charge is 2.10. The number of halogens is 1. The van der Waals surface area contributed by atoms with Gasteiger partial charge in [0, 0.05) is 12.3 Å². The van der Waals surface area contributed by atoms with Crippen molar-refractivity contribution >= 4 is 11.8 Å². The highest BCUT2D eigenvalue weighted by Crippen LogP contribution is 2.20. The first-order valence-electron chi connectivity index (χ1n) is 8.90. The van der Waals surface area contributed by atoms with Crippen LogP contribution < -0.4 is 0 Å². The van der Waals surface area contributed by atoms with Crippen LogP contribution in [0.3, 0.4) is 0 Å². The molecule has 0 spiro atoms. The molecule has 0 aromatic heterocycles. The summed E-state index contributed by atoms with van der Waals surface area (Å²) in [4.78, 5) is 2.55. The Morgan fingerprint density at radius 1 is 1.36 bits per heavy atom. The van der Waals surface area contributed by atoms with Crippen molar-refractivity contribution in [2.75, 3.05) is 31.1 Å². The van der Waals surface area contributed by atoms with E-state index in [4.69, 9.17) is 0 Å². The van der Waals surface area contributed by atoms with Gasteiger partial charge in [0.1, 0.15) is 6.17 Å². The zero-order valence-corrected chi connectivity index (χ0v) is 15.5. The smallest absolute Gasteiger partial charge is 0.106 e. The zero-order chi connectivity index (χ0) is 16.2. The Hall–Kier alpha value is -0.280. The van der Waals surface area contributed by atoms with Crippen LogP contribution in [0.5, 0.6) is 0 Å². The first-order valence-corrected chi connectivity index (χ1v) is 10.1. The van der Waals surface area contributed by atoms with E-state index in [9.17, 15) is 4.39 Å². The summed E-state index contributed by atoms with van der Waals surface area (Å²) in [6.45, 7) is 9.74. The molecule has 1 aliphatic carbocycles. The first kappa shape index (κ1) is 19.8. The average Bonchev–Trinajstić information content (AvgIpc) is 2.52. The number of thioether (sulfide) groups is 1. The Bertz CT molecular complexity index is 338. The fourth-order valence-electron chi connectivity index (χ4n) is 2.84. The van der Waals surface area contributed by atoms with Gasteiger partial charge in [-0.2, -0.15) is 11.8 Å². The molecule has 0 fully saturated rings. The lowest BCUT2D eigenvalue weighted by Gasteiger charge is -2.24. The molecule has 22 heavy (non-hydrogen) atoms. The van der Waals surface area contributed by atoms with Crippen molar-refractivity contribution in [1.29, 1.82) is 0 Å². The van der Waals surface area contributed by atoms with Gasteiger partial charge >= 0.3 is 0 Å². The second-order valence-electron chi connectivity index (χ2n) is 6.54. The van der Waals surface area contributed by atoms with E-state index in [1.807, 2.05) is 0 Å². The van der Waals surface area contributed by atoms with Crippen LogP contribution in [0, 0.1) is 5.92 Å². The Morgan fingerprint density at radius 3 is 2.82 bits per heavy atom. The lowest BCUT2D eigenvalue weighted by Crippen LogP contribution is -2.30. The van der Waals surface area contributed by atoms with Gasteiger partial charge in [-0.1, -0.05) is 37.6 Å². The SMILES string of the molecule is CCN(CCCSCC(C)F)CC(C)CCC1=CC=CCC1.